The largest absolute Gasteiger partial charge is 0.493 e. The summed E-state index contributed by atoms with van der Waals surface area (Å²) < 4.78 is 10.8. The van der Waals surface area contributed by atoms with Gasteiger partial charge in [-0.2, -0.15) is 0 Å². The van der Waals surface area contributed by atoms with Gasteiger partial charge in [-0.3, -0.25) is 9.69 Å². The molecule has 0 aliphatic carbocycles. The Hall–Kier alpha value is -3.23. The van der Waals surface area contributed by atoms with Gasteiger partial charge in [0.15, 0.2) is 11.5 Å². The topological polar surface area (TPSA) is 86.9 Å². The lowest BCUT2D eigenvalue weighted by Crippen LogP contribution is -2.45. The summed E-state index contributed by atoms with van der Waals surface area (Å²) in [5.41, 5.74) is 1.41. The second-order valence-electron chi connectivity index (χ2n) is 8.63. The number of hydrogen-bond acceptors (Lipinski definition) is 5. The number of methoxy groups -OCH3 is 2. The molecule has 1 aliphatic heterocycles. The van der Waals surface area contributed by atoms with E-state index in [1.165, 1.54) is 0 Å². The van der Waals surface area contributed by atoms with Crippen LogP contribution in [0, 0.1) is 0 Å². The monoisotopic (exact) mass is 498 g/mol. The summed E-state index contributed by atoms with van der Waals surface area (Å²) >= 11 is 6.27. The molecule has 0 saturated carbocycles. The summed E-state index contributed by atoms with van der Waals surface area (Å²) in [6, 6.07) is 12.4. The van der Waals surface area contributed by atoms with Gasteiger partial charge >= 0.3 is 6.03 Å². The number of hydrogen-bond donors (Lipinski definition) is 2. The number of benzene rings is 2. The van der Waals surface area contributed by atoms with Gasteiger partial charge in [-0.15, -0.1) is 0 Å². The van der Waals surface area contributed by atoms with Gasteiger partial charge in [-0.25, -0.2) is 4.79 Å². The molecule has 35 heavy (non-hydrogen) atoms. The molecule has 0 radical (unpaired) electrons. The van der Waals surface area contributed by atoms with Crippen LogP contribution in [0.1, 0.15) is 25.3 Å². The zero-order chi connectivity index (χ0) is 24.9. The molecule has 3 aromatic rings. The normalized spacial score (nSPS) is 15.8. The average Bonchev–Trinajstić information content (AvgIpc) is 3.31. The molecule has 2 heterocycles. The van der Waals surface area contributed by atoms with E-state index in [4.69, 9.17) is 21.1 Å². The standard InChI is InChI=1S/C26H31ClN4O4/c1-4-30-11-7-8-19(30)16-31(26(33)29-21-10-6-5-9-20(21)27)15-18-12-17-13-23(34-2)24(35-3)14-22(17)28-25(18)32/h5-6,9-10,12-14,19H,4,7-8,11,15-16H2,1-3H3,(H,28,32)(H,29,33)/t19-/m0/s1. The van der Waals surface area contributed by atoms with E-state index in [9.17, 15) is 9.59 Å². The average molecular weight is 499 g/mol. The van der Waals surface area contributed by atoms with Gasteiger partial charge in [0.1, 0.15) is 0 Å². The number of anilines is 1. The molecule has 0 spiro atoms. The third-order valence-electron chi connectivity index (χ3n) is 6.53. The van der Waals surface area contributed by atoms with Crippen molar-refractivity contribution in [3.05, 3.63) is 63.4 Å². The van der Waals surface area contributed by atoms with Crippen molar-refractivity contribution in [3.8, 4) is 11.5 Å². The molecule has 4 rings (SSSR count). The van der Waals surface area contributed by atoms with Gasteiger partial charge in [0.05, 0.1) is 37.0 Å². The Morgan fingerprint density at radius 2 is 1.94 bits per heavy atom. The van der Waals surface area contributed by atoms with Gasteiger partial charge < -0.3 is 24.7 Å². The van der Waals surface area contributed by atoms with Crippen molar-refractivity contribution in [1.82, 2.24) is 14.8 Å². The molecule has 8 nitrogen and oxygen atoms in total. The van der Waals surface area contributed by atoms with Crippen molar-refractivity contribution >= 4 is 34.2 Å². The smallest absolute Gasteiger partial charge is 0.322 e. The van der Waals surface area contributed by atoms with Gasteiger partial charge in [0, 0.05) is 29.6 Å². The Kier molecular flexibility index (Phi) is 7.83. The number of rotatable bonds is 8. The van der Waals surface area contributed by atoms with Crippen molar-refractivity contribution in [1.29, 1.82) is 0 Å². The quantitative estimate of drug-likeness (QED) is 0.469. The number of carbonyl (C=O) groups excluding carboxylic acids is 1. The van der Waals surface area contributed by atoms with Crippen LogP contribution in [0.25, 0.3) is 10.9 Å². The van der Waals surface area contributed by atoms with Crippen LogP contribution in [0.3, 0.4) is 0 Å². The number of para-hydroxylation sites is 1. The third-order valence-corrected chi connectivity index (χ3v) is 6.86. The highest BCUT2D eigenvalue weighted by Crippen LogP contribution is 2.31. The van der Waals surface area contributed by atoms with Crippen molar-refractivity contribution in [2.45, 2.75) is 32.4 Å². The number of nitrogens with one attached hydrogen (secondary N) is 2. The summed E-state index contributed by atoms with van der Waals surface area (Å²) in [6.07, 6.45) is 2.10. The first-order chi connectivity index (χ1) is 16.9. The van der Waals surface area contributed by atoms with E-state index in [0.717, 1.165) is 31.3 Å². The number of amides is 2. The van der Waals surface area contributed by atoms with Gasteiger partial charge in [0.25, 0.3) is 5.56 Å². The molecule has 2 aromatic carbocycles. The van der Waals surface area contributed by atoms with Crippen LogP contribution in [0.5, 0.6) is 11.5 Å². The van der Waals surface area contributed by atoms with Gasteiger partial charge in [-0.05, 0) is 50.2 Å². The highest BCUT2D eigenvalue weighted by atomic mass is 35.5. The van der Waals surface area contributed by atoms with E-state index >= 15 is 0 Å². The van der Waals surface area contributed by atoms with Crippen LogP contribution in [-0.2, 0) is 6.54 Å². The fourth-order valence-electron chi connectivity index (χ4n) is 4.65. The maximum Gasteiger partial charge on any atom is 0.322 e. The molecule has 1 aromatic heterocycles. The molecular weight excluding hydrogens is 468 g/mol. The van der Waals surface area contributed by atoms with Crippen molar-refractivity contribution in [3.63, 3.8) is 0 Å². The Morgan fingerprint density at radius 3 is 2.66 bits per heavy atom. The second-order valence-corrected chi connectivity index (χ2v) is 9.04. The molecule has 1 aliphatic rings. The number of carbonyl (C=O) groups is 1. The molecule has 0 unspecified atom stereocenters. The molecule has 0 bridgehead atoms. The van der Waals surface area contributed by atoms with E-state index in [1.54, 1.807) is 43.4 Å². The number of aromatic nitrogens is 1. The number of likely N-dealkylation sites (tertiary alicyclic amines) is 1. The summed E-state index contributed by atoms with van der Waals surface area (Å²) in [5, 5.41) is 4.17. The van der Waals surface area contributed by atoms with Gasteiger partial charge in [0.2, 0.25) is 0 Å². The van der Waals surface area contributed by atoms with Crippen LogP contribution in [-0.4, -0.2) is 60.7 Å². The number of ether oxygens (including phenoxy) is 2. The lowest BCUT2D eigenvalue weighted by Gasteiger charge is -2.30. The fraction of sp³-hybridized carbons (Fsp3) is 0.385. The van der Waals surface area contributed by atoms with Crippen LogP contribution >= 0.6 is 11.6 Å². The minimum Gasteiger partial charge on any atom is -0.493 e. The zero-order valence-electron chi connectivity index (χ0n) is 20.3. The predicted molar refractivity (Wildman–Crippen MR) is 139 cm³/mol. The van der Waals surface area contributed by atoms with E-state index in [0.29, 0.717) is 39.8 Å². The van der Waals surface area contributed by atoms with E-state index in [-0.39, 0.29) is 24.2 Å². The van der Waals surface area contributed by atoms with E-state index < -0.39 is 0 Å². The van der Waals surface area contributed by atoms with Crippen LogP contribution < -0.4 is 20.3 Å². The van der Waals surface area contributed by atoms with E-state index in [1.807, 2.05) is 18.2 Å². The molecule has 1 fully saturated rings. The molecule has 1 saturated heterocycles. The first kappa shape index (κ1) is 24.9. The highest BCUT2D eigenvalue weighted by molar-refractivity contribution is 6.33. The number of likely N-dealkylation sites (N-methyl/N-ethyl adjacent to an activating group) is 1. The van der Waals surface area contributed by atoms with Crippen LogP contribution in [0.2, 0.25) is 5.02 Å². The predicted octanol–water partition coefficient (Wildman–Crippen LogP) is 4.72. The first-order valence-electron chi connectivity index (χ1n) is 11.8. The fourth-order valence-corrected chi connectivity index (χ4v) is 4.83. The Labute approximate surface area is 209 Å². The minimum absolute atomic E-state index is 0.157. The Morgan fingerprint density at radius 1 is 1.20 bits per heavy atom. The van der Waals surface area contributed by atoms with Crippen molar-refractivity contribution in [2.75, 3.05) is 39.2 Å². The third kappa shape index (κ3) is 5.55. The molecule has 186 valence electrons. The number of aromatic amines is 1. The maximum absolute atomic E-state index is 13.4. The SMILES string of the molecule is CCN1CCC[C@H]1CN(Cc1cc2cc(OC)c(OC)cc2[nH]c1=O)C(=O)Nc1ccccc1Cl. The number of nitrogens with zero attached hydrogens (tertiary/aromatic N) is 2. The van der Waals surface area contributed by atoms with E-state index in [2.05, 4.69) is 22.1 Å². The number of urea groups is 1. The number of H-pyrrole nitrogens is 1. The number of halogens is 1. The molecule has 9 heteroatoms. The molecule has 1 atom stereocenters. The van der Waals surface area contributed by atoms with Crippen molar-refractivity contribution < 1.29 is 14.3 Å². The summed E-state index contributed by atoms with van der Waals surface area (Å²) in [7, 11) is 3.12. The summed E-state index contributed by atoms with van der Waals surface area (Å²) in [4.78, 5) is 33.4. The minimum atomic E-state index is -0.298. The zero-order valence-corrected chi connectivity index (χ0v) is 21.0. The summed E-state index contributed by atoms with van der Waals surface area (Å²) in [6.45, 7) is 4.72. The van der Waals surface area contributed by atoms with Crippen LogP contribution in [0.4, 0.5) is 10.5 Å². The lowest BCUT2D eigenvalue weighted by molar-refractivity contribution is 0.174. The Balaban J connectivity index is 1.66. The van der Waals surface area contributed by atoms with Crippen LogP contribution in [0.15, 0.2) is 47.3 Å². The Bertz CT molecular complexity index is 1260. The number of fused-ring (bicyclic) bond motifs is 1. The second kappa shape index (κ2) is 11.0. The van der Waals surface area contributed by atoms with Gasteiger partial charge in [-0.1, -0.05) is 30.7 Å². The maximum atomic E-state index is 13.4. The summed E-state index contributed by atoms with van der Waals surface area (Å²) in [5.74, 6) is 1.10. The molecule has 2 N–H and O–H groups in total. The number of pyridine rings is 1. The molecule has 2 amide bonds. The van der Waals surface area contributed by atoms with Crippen molar-refractivity contribution in [2.24, 2.45) is 0 Å². The lowest BCUT2D eigenvalue weighted by atomic mass is 10.1. The molecular formula is C26H31ClN4O4. The first-order valence-corrected chi connectivity index (χ1v) is 12.1. The highest BCUT2D eigenvalue weighted by Gasteiger charge is 2.28.